The SMILES string of the molecule is O=C(NCc1ccc(Cn2ccccc2=O)cc1)c1ccc(Cl)c(I)c1. The first-order valence-electron chi connectivity index (χ1n) is 7.99. The highest BCUT2D eigenvalue weighted by Gasteiger charge is 2.07. The predicted molar refractivity (Wildman–Crippen MR) is 112 cm³/mol. The fourth-order valence-electron chi connectivity index (χ4n) is 2.47. The number of hydrogen-bond donors (Lipinski definition) is 1. The molecule has 26 heavy (non-hydrogen) atoms. The fourth-order valence-corrected chi connectivity index (χ4v) is 3.11. The number of amides is 1. The number of hydrogen-bond acceptors (Lipinski definition) is 2. The maximum atomic E-state index is 12.2. The monoisotopic (exact) mass is 478 g/mol. The smallest absolute Gasteiger partial charge is 0.251 e. The average molecular weight is 479 g/mol. The van der Waals surface area contributed by atoms with Crippen LogP contribution in [0, 0.1) is 3.57 Å². The molecule has 0 saturated carbocycles. The number of benzene rings is 2. The van der Waals surface area contributed by atoms with Crippen LogP contribution in [0.3, 0.4) is 0 Å². The Hall–Kier alpha value is -2.12. The second-order valence-corrected chi connectivity index (χ2v) is 7.36. The van der Waals surface area contributed by atoms with Gasteiger partial charge in [0.15, 0.2) is 0 Å². The maximum absolute atomic E-state index is 12.2. The molecule has 6 heteroatoms. The van der Waals surface area contributed by atoms with Gasteiger partial charge >= 0.3 is 0 Å². The molecule has 0 atom stereocenters. The van der Waals surface area contributed by atoms with E-state index in [0.717, 1.165) is 14.7 Å². The maximum Gasteiger partial charge on any atom is 0.251 e. The molecular weight excluding hydrogens is 463 g/mol. The molecule has 1 N–H and O–H groups in total. The normalized spacial score (nSPS) is 10.5. The number of halogens is 2. The van der Waals surface area contributed by atoms with Crippen molar-refractivity contribution in [1.82, 2.24) is 9.88 Å². The number of carbonyl (C=O) groups is 1. The molecule has 1 heterocycles. The summed E-state index contributed by atoms with van der Waals surface area (Å²) in [6, 6.07) is 18.1. The summed E-state index contributed by atoms with van der Waals surface area (Å²) < 4.78 is 2.50. The van der Waals surface area contributed by atoms with Crippen LogP contribution in [0.15, 0.2) is 71.7 Å². The van der Waals surface area contributed by atoms with Crippen molar-refractivity contribution in [3.05, 3.63) is 102 Å². The highest BCUT2D eigenvalue weighted by atomic mass is 127. The number of nitrogens with zero attached hydrogens (tertiary/aromatic N) is 1. The second kappa shape index (κ2) is 8.51. The van der Waals surface area contributed by atoms with Crippen molar-refractivity contribution in [1.29, 1.82) is 0 Å². The summed E-state index contributed by atoms with van der Waals surface area (Å²) in [5, 5.41) is 3.53. The molecule has 0 spiro atoms. The van der Waals surface area contributed by atoms with Gasteiger partial charge in [0.2, 0.25) is 0 Å². The average Bonchev–Trinajstić information content (AvgIpc) is 2.65. The molecule has 0 aliphatic rings. The minimum absolute atomic E-state index is 0.0264. The molecule has 0 radical (unpaired) electrons. The molecule has 0 fully saturated rings. The van der Waals surface area contributed by atoms with Crippen molar-refractivity contribution < 1.29 is 4.79 Å². The first-order chi connectivity index (χ1) is 12.5. The Bertz CT molecular complexity index is 984. The van der Waals surface area contributed by atoms with Crippen molar-refractivity contribution in [3.63, 3.8) is 0 Å². The van der Waals surface area contributed by atoms with E-state index in [1.807, 2.05) is 30.3 Å². The lowest BCUT2D eigenvalue weighted by Gasteiger charge is -2.08. The number of aromatic nitrogens is 1. The lowest BCUT2D eigenvalue weighted by atomic mass is 10.1. The number of nitrogens with one attached hydrogen (secondary N) is 1. The Balaban J connectivity index is 1.60. The van der Waals surface area contributed by atoms with Crippen LogP contribution in [0.25, 0.3) is 0 Å². The fraction of sp³-hybridized carbons (Fsp3) is 0.100. The molecule has 1 amide bonds. The Morgan fingerprint density at radius 1 is 1.04 bits per heavy atom. The standard InChI is InChI=1S/C20H16ClIN2O2/c21-17-9-8-16(11-18(17)22)20(26)23-12-14-4-6-15(7-5-14)13-24-10-2-1-3-19(24)25/h1-11H,12-13H2,(H,23,26). The van der Waals surface area contributed by atoms with E-state index >= 15 is 0 Å². The van der Waals surface area contributed by atoms with Crippen molar-refractivity contribution in [2.24, 2.45) is 0 Å². The van der Waals surface area contributed by atoms with Gasteiger partial charge < -0.3 is 9.88 Å². The van der Waals surface area contributed by atoms with Gasteiger partial charge in [-0.1, -0.05) is 41.9 Å². The van der Waals surface area contributed by atoms with E-state index in [1.54, 1.807) is 41.1 Å². The van der Waals surface area contributed by atoms with Gasteiger partial charge in [0.05, 0.1) is 11.6 Å². The zero-order valence-corrected chi connectivity index (χ0v) is 16.7. The number of rotatable bonds is 5. The van der Waals surface area contributed by atoms with Gasteiger partial charge in [-0.3, -0.25) is 9.59 Å². The quantitative estimate of drug-likeness (QED) is 0.562. The molecule has 2 aromatic carbocycles. The van der Waals surface area contributed by atoms with Crippen LogP contribution in [-0.2, 0) is 13.1 Å². The molecule has 1 aromatic heterocycles. The van der Waals surface area contributed by atoms with Gasteiger partial charge in [-0.05, 0) is 58.0 Å². The van der Waals surface area contributed by atoms with Gasteiger partial charge in [-0.25, -0.2) is 0 Å². The van der Waals surface area contributed by atoms with Crippen LogP contribution in [-0.4, -0.2) is 10.5 Å². The lowest BCUT2D eigenvalue weighted by Crippen LogP contribution is -2.23. The summed E-state index contributed by atoms with van der Waals surface area (Å²) in [5.41, 5.74) is 2.58. The summed E-state index contributed by atoms with van der Waals surface area (Å²) in [5.74, 6) is -0.139. The van der Waals surface area contributed by atoms with Gasteiger partial charge in [0.1, 0.15) is 0 Å². The Kier molecular flexibility index (Phi) is 6.11. The molecule has 132 valence electrons. The predicted octanol–water partition coefficient (Wildman–Crippen LogP) is 4.08. The van der Waals surface area contributed by atoms with Crippen molar-refractivity contribution in [2.75, 3.05) is 0 Å². The third-order valence-electron chi connectivity index (χ3n) is 3.91. The third-order valence-corrected chi connectivity index (χ3v) is 5.45. The molecule has 3 aromatic rings. The molecule has 3 rings (SSSR count). The Morgan fingerprint density at radius 3 is 2.46 bits per heavy atom. The van der Waals surface area contributed by atoms with Gasteiger partial charge in [0.25, 0.3) is 11.5 Å². The minimum Gasteiger partial charge on any atom is -0.348 e. The Morgan fingerprint density at radius 2 is 1.77 bits per heavy atom. The van der Waals surface area contributed by atoms with Crippen molar-refractivity contribution in [3.8, 4) is 0 Å². The topological polar surface area (TPSA) is 51.1 Å². The minimum atomic E-state index is -0.139. The largest absolute Gasteiger partial charge is 0.348 e. The van der Waals surface area contributed by atoms with Crippen molar-refractivity contribution >= 4 is 40.1 Å². The zero-order chi connectivity index (χ0) is 18.5. The Labute approximate surface area is 170 Å². The molecular formula is C20H16ClIN2O2. The van der Waals surface area contributed by atoms with Crippen LogP contribution in [0.2, 0.25) is 5.02 Å². The van der Waals surface area contributed by atoms with Crippen LogP contribution >= 0.6 is 34.2 Å². The lowest BCUT2D eigenvalue weighted by molar-refractivity contribution is 0.0951. The van der Waals surface area contributed by atoms with E-state index in [2.05, 4.69) is 27.9 Å². The van der Waals surface area contributed by atoms with E-state index in [-0.39, 0.29) is 11.5 Å². The van der Waals surface area contributed by atoms with Gasteiger partial charge in [0, 0.05) is 27.9 Å². The zero-order valence-electron chi connectivity index (χ0n) is 13.8. The molecule has 0 bridgehead atoms. The van der Waals surface area contributed by atoms with Gasteiger partial charge in [-0.15, -0.1) is 0 Å². The summed E-state index contributed by atoms with van der Waals surface area (Å²) in [6.07, 6.45) is 1.77. The number of carbonyl (C=O) groups excluding carboxylic acids is 1. The summed E-state index contributed by atoms with van der Waals surface area (Å²) in [4.78, 5) is 24.0. The molecule has 0 aliphatic carbocycles. The van der Waals surface area contributed by atoms with Crippen LogP contribution < -0.4 is 10.9 Å². The first kappa shape index (κ1) is 18.7. The second-order valence-electron chi connectivity index (χ2n) is 5.79. The highest BCUT2D eigenvalue weighted by molar-refractivity contribution is 14.1. The van der Waals surface area contributed by atoms with E-state index < -0.39 is 0 Å². The summed E-state index contributed by atoms with van der Waals surface area (Å²) in [7, 11) is 0. The third kappa shape index (κ3) is 4.74. The van der Waals surface area contributed by atoms with E-state index in [0.29, 0.717) is 23.7 Å². The van der Waals surface area contributed by atoms with Gasteiger partial charge in [-0.2, -0.15) is 0 Å². The highest BCUT2D eigenvalue weighted by Crippen LogP contribution is 2.19. The molecule has 0 saturated heterocycles. The number of pyridine rings is 1. The van der Waals surface area contributed by atoms with Crippen LogP contribution in [0.1, 0.15) is 21.5 Å². The van der Waals surface area contributed by atoms with Crippen LogP contribution in [0.4, 0.5) is 0 Å². The summed E-state index contributed by atoms with van der Waals surface area (Å²) in [6.45, 7) is 0.957. The molecule has 0 unspecified atom stereocenters. The van der Waals surface area contributed by atoms with E-state index in [4.69, 9.17) is 11.6 Å². The molecule has 0 aliphatic heterocycles. The molecule has 4 nitrogen and oxygen atoms in total. The van der Waals surface area contributed by atoms with E-state index in [1.165, 1.54) is 0 Å². The van der Waals surface area contributed by atoms with E-state index in [9.17, 15) is 9.59 Å². The first-order valence-corrected chi connectivity index (χ1v) is 9.45. The summed E-state index contributed by atoms with van der Waals surface area (Å²) >= 11 is 8.08. The van der Waals surface area contributed by atoms with Crippen molar-refractivity contribution in [2.45, 2.75) is 13.1 Å². The van der Waals surface area contributed by atoms with Crippen LogP contribution in [0.5, 0.6) is 0 Å².